The van der Waals surface area contributed by atoms with Crippen LogP contribution in [0.4, 0.5) is 0 Å². The average Bonchev–Trinajstić information content (AvgIpc) is 2.65. The van der Waals surface area contributed by atoms with Crippen molar-refractivity contribution in [2.75, 3.05) is 20.3 Å². The summed E-state index contributed by atoms with van der Waals surface area (Å²) in [6, 6.07) is 0.0210. The summed E-state index contributed by atoms with van der Waals surface area (Å²) < 4.78 is 5.08. The molecule has 1 rings (SSSR count). The molecule has 1 N–H and O–H groups in total. The molecule has 1 saturated heterocycles. The Morgan fingerprint density at radius 2 is 1.76 bits per heavy atom. The van der Waals surface area contributed by atoms with Gasteiger partial charge in [0.05, 0.1) is 12.2 Å². The molecule has 2 atom stereocenters. The number of methoxy groups -OCH3 is 1. The number of nitrogens with one attached hydrogen (secondary N) is 1. The third kappa shape index (κ3) is 6.35. The zero-order valence-corrected chi connectivity index (χ0v) is 14.5. The van der Waals surface area contributed by atoms with E-state index in [9.17, 15) is 4.79 Å². The Hall–Kier alpha value is -0.610. The quantitative estimate of drug-likeness (QED) is 0.630. The second-order valence-corrected chi connectivity index (χ2v) is 7.08. The molecule has 2 unspecified atom stereocenters. The fourth-order valence-corrected chi connectivity index (χ4v) is 3.00. The molecular formula is C17H34N2O2. The standard InChI is InChI=1S/C17H34N2O2/c1-13(2)11-15-17(20)19(9-7-6-8-10-21-5)16(18-15)12-14(3)4/h13-16,18H,6-12H2,1-5H3. The summed E-state index contributed by atoms with van der Waals surface area (Å²) >= 11 is 0. The van der Waals surface area contributed by atoms with Crippen LogP contribution >= 0.6 is 0 Å². The highest BCUT2D eigenvalue weighted by atomic mass is 16.5. The minimum absolute atomic E-state index is 0.0210. The first-order chi connectivity index (χ1) is 9.95. The van der Waals surface area contributed by atoms with E-state index in [-0.39, 0.29) is 12.2 Å². The molecule has 0 aromatic rings. The number of rotatable bonds is 10. The number of ether oxygens (including phenoxy) is 1. The van der Waals surface area contributed by atoms with Crippen molar-refractivity contribution in [3.05, 3.63) is 0 Å². The Morgan fingerprint density at radius 3 is 2.33 bits per heavy atom. The van der Waals surface area contributed by atoms with Gasteiger partial charge in [-0.15, -0.1) is 0 Å². The smallest absolute Gasteiger partial charge is 0.241 e. The lowest BCUT2D eigenvalue weighted by molar-refractivity contribution is -0.130. The van der Waals surface area contributed by atoms with Crippen molar-refractivity contribution in [2.45, 2.75) is 72.0 Å². The number of hydrogen-bond donors (Lipinski definition) is 1. The van der Waals surface area contributed by atoms with Crippen LogP contribution in [0.1, 0.15) is 59.8 Å². The number of nitrogens with zero attached hydrogens (tertiary/aromatic N) is 1. The van der Waals surface area contributed by atoms with Gasteiger partial charge in [0.15, 0.2) is 0 Å². The van der Waals surface area contributed by atoms with Gasteiger partial charge in [-0.3, -0.25) is 10.1 Å². The summed E-state index contributed by atoms with van der Waals surface area (Å²) in [4.78, 5) is 14.7. The highest BCUT2D eigenvalue weighted by molar-refractivity contribution is 5.84. The van der Waals surface area contributed by atoms with Gasteiger partial charge in [-0.1, -0.05) is 27.7 Å². The number of unbranched alkanes of at least 4 members (excludes halogenated alkanes) is 2. The molecule has 1 fully saturated rings. The lowest BCUT2D eigenvalue weighted by Crippen LogP contribution is -2.39. The molecule has 124 valence electrons. The van der Waals surface area contributed by atoms with Crippen LogP contribution in [0.25, 0.3) is 0 Å². The van der Waals surface area contributed by atoms with E-state index >= 15 is 0 Å². The van der Waals surface area contributed by atoms with E-state index < -0.39 is 0 Å². The van der Waals surface area contributed by atoms with Crippen LogP contribution in [0.5, 0.6) is 0 Å². The van der Waals surface area contributed by atoms with E-state index in [1.54, 1.807) is 7.11 Å². The molecule has 0 radical (unpaired) electrons. The number of amides is 1. The number of carbonyl (C=O) groups excluding carboxylic acids is 1. The molecule has 0 spiro atoms. The van der Waals surface area contributed by atoms with Gasteiger partial charge in [-0.2, -0.15) is 0 Å². The normalized spacial score (nSPS) is 22.8. The molecule has 1 amide bonds. The molecule has 0 aromatic carbocycles. The summed E-state index contributed by atoms with van der Waals surface area (Å²) in [5.74, 6) is 1.46. The zero-order chi connectivity index (χ0) is 15.8. The third-order valence-electron chi connectivity index (χ3n) is 4.00. The first-order valence-corrected chi connectivity index (χ1v) is 8.51. The van der Waals surface area contributed by atoms with Crippen molar-refractivity contribution in [2.24, 2.45) is 11.8 Å². The van der Waals surface area contributed by atoms with E-state index in [0.717, 1.165) is 45.3 Å². The summed E-state index contributed by atoms with van der Waals surface area (Å²) in [5, 5.41) is 3.56. The Balaban J connectivity index is 2.51. The molecule has 1 aliphatic heterocycles. The zero-order valence-electron chi connectivity index (χ0n) is 14.5. The molecule has 0 saturated carbocycles. The van der Waals surface area contributed by atoms with Crippen LogP contribution < -0.4 is 5.32 Å². The minimum Gasteiger partial charge on any atom is -0.385 e. The summed E-state index contributed by atoms with van der Waals surface area (Å²) in [6.45, 7) is 10.5. The van der Waals surface area contributed by atoms with Gasteiger partial charge in [-0.05, 0) is 43.9 Å². The van der Waals surface area contributed by atoms with E-state index in [1.165, 1.54) is 0 Å². The van der Waals surface area contributed by atoms with E-state index in [2.05, 4.69) is 37.9 Å². The lowest BCUT2D eigenvalue weighted by Gasteiger charge is -2.25. The fourth-order valence-electron chi connectivity index (χ4n) is 3.00. The highest BCUT2D eigenvalue weighted by Crippen LogP contribution is 2.22. The van der Waals surface area contributed by atoms with Crippen molar-refractivity contribution in [1.82, 2.24) is 10.2 Å². The summed E-state index contributed by atoms with van der Waals surface area (Å²) in [7, 11) is 1.74. The highest BCUT2D eigenvalue weighted by Gasteiger charge is 2.38. The molecule has 21 heavy (non-hydrogen) atoms. The maximum absolute atomic E-state index is 12.6. The third-order valence-corrected chi connectivity index (χ3v) is 4.00. The molecule has 1 aliphatic rings. The van der Waals surface area contributed by atoms with E-state index in [0.29, 0.717) is 17.7 Å². The Labute approximate surface area is 130 Å². The van der Waals surface area contributed by atoms with Crippen LogP contribution in [0, 0.1) is 11.8 Å². The molecular weight excluding hydrogens is 264 g/mol. The SMILES string of the molecule is COCCCCCN1C(=O)C(CC(C)C)NC1CC(C)C. The van der Waals surface area contributed by atoms with Gasteiger partial charge < -0.3 is 9.64 Å². The van der Waals surface area contributed by atoms with Gasteiger partial charge in [0, 0.05) is 20.3 Å². The maximum atomic E-state index is 12.6. The van der Waals surface area contributed by atoms with E-state index in [4.69, 9.17) is 4.74 Å². The van der Waals surface area contributed by atoms with Gasteiger partial charge in [-0.25, -0.2) is 0 Å². The van der Waals surface area contributed by atoms with Crippen LogP contribution in [-0.2, 0) is 9.53 Å². The molecule has 4 heteroatoms. The predicted molar refractivity (Wildman–Crippen MR) is 87.1 cm³/mol. The van der Waals surface area contributed by atoms with Crippen molar-refractivity contribution < 1.29 is 9.53 Å². The molecule has 0 aliphatic carbocycles. The van der Waals surface area contributed by atoms with Crippen molar-refractivity contribution >= 4 is 5.91 Å². The average molecular weight is 298 g/mol. The van der Waals surface area contributed by atoms with Gasteiger partial charge >= 0.3 is 0 Å². The van der Waals surface area contributed by atoms with Gasteiger partial charge in [0.1, 0.15) is 0 Å². The molecule has 0 aromatic heterocycles. The second kappa shape index (κ2) is 9.42. The largest absolute Gasteiger partial charge is 0.385 e. The number of carbonyl (C=O) groups is 1. The van der Waals surface area contributed by atoms with E-state index in [1.807, 2.05) is 0 Å². The second-order valence-electron chi connectivity index (χ2n) is 7.08. The van der Waals surface area contributed by atoms with Crippen molar-refractivity contribution in [3.63, 3.8) is 0 Å². The first kappa shape index (κ1) is 18.4. The first-order valence-electron chi connectivity index (χ1n) is 8.51. The topological polar surface area (TPSA) is 41.6 Å². The monoisotopic (exact) mass is 298 g/mol. The summed E-state index contributed by atoms with van der Waals surface area (Å²) in [6.07, 6.45) is 5.48. The van der Waals surface area contributed by atoms with Crippen molar-refractivity contribution in [1.29, 1.82) is 0 Å². The van der Waals surface area contributed by atoms with Crippen LogP contribution in [0.15, 0.2) is 0 Å². The maximum Gasteiger partial charge on any atom is 0.241 e. The predicted octanol–water partition coefficient (Wildman–Crippen LogP) is 3.02. The summed E-state index contributed by atoms with van der Waals surface area (Å²) in [5.41, 5.74) is 0. The molecule has 4 nitrogen and oxygen atoms in total. The Morgan fingerprint density at radius 1 is 1.10 bits per heavy atom. The minimum atomic E-state index is 0.0210. The van der Waals surface area contributed by atoms with Crippen molar-refractivity contribution in [3.8, 4) is 0 Å². The molecule has 0 bridgehead atoms. The van der Waals surface area contributed by atoms with Crippen LogP contribution in [0.2, 0.25) is 0 Å². The van der Waals surface area contributed by atoms with Gasteiger partial charge in [0.2, 0.25) is 5.91 Å². The Kier molecular flexibility index (Phi) is 8.27. The molecule has 1 heterocycles. The number of hydrogen-bond acceptors (Lipinski definition) is 3. The Bertz CT molecular complexity index is 305. The van der Waals surface area contributed by atoms with Gasteiger partial charge in [0.25, 0.3) is 0 Å². The fraction of sp³-hybridized carbons (Fsp3) is 0.941. The lowest BCUT2D eigenvalue weighted by atomic mass is 10.0. The van der Waals surface area contributed by atoms with Crippen LogP contribution in [-0.4, -0.2) is 43.3 Å². The van der Waals surface area contributed by atoms with Crippen LogP contribution in [0.3, 0.4) is 0 Å².